The first kappa shape index (κ1) is 5.34. The Morgan fingerprint density at radius 1 is 1.83 bits per heavy atom. The van der Waals surface area contributed by atoms with Crippen LogP contribution in [0.1, 0.15) is 6.92 Å². The maximum atomic E-state index is 6.74. The van der Waals surface area contributed by atoms with Gasteiger partial charge in [-0.15, -0.1) is 0 Å². The van der Waals surface area contributed by atoms with Gasteiger partial charge in [0.1, 0.15) is 0 Å². The second-order valence-corrected chi connectivity index (χ2v) is 1.07. The van der Waals surface area contributed by atoms with Crippen molar-refractivity contribution in [2.45, 2.75) is 6.92 Å². The fourth-order valence-electron chi connectivity index (χ4n) is 0.194. The Morgan fingerprint density at radius 2 is 2.33 bits per heavy atom. The molecule has 0 aromatic heterocycles. The molecular formula is C4H8N2. The van der Waals surface area contributed by atoms with Crippen molar-refractivity contribution < 1.29 is 0 Å². The number of nitrogens with one attached hydrogen (secondary N) is 1. The van der Waals surface area contributed by atoms with Crippen LogP contribution < -0.4 is 0 Å². The molecule has 0 heterocycles. The van der Waals surface area contributed by atoms with Gasteiger partial charge in [0.25, 0.3) is 0 Å². The molecule has 0 aliphatic rings. The monoisotopic (exact) mass is 84.1 g/mol. The molecule has 0 bridgehead atoms. The molecule has 0 atom stereocenters. The fraction of sp³-hybridized carbons (Fsp3) is 0.500. The van der Waals surface area contributed by atoms with Crippen LogP contribution in [0.5, 0.6) is 0 Å². The normalized spacial score (nSPS) is 9.67. The Balaban J connectivity index is 3.30. The lowest BCUT2D eigenvalue weighted by Crippen LogP contribution is -1.85. The molecule has 0 amide bonds. The van der Waals surface area contributed by atoms with Crippen LogP contribution >= 0.6 is 0 Å². The first-order valence-corrected chi connectivity index (χ1v) is 1.74. The summed E-state index contributed by atoms with van der Waals surface area (Å²) in [6.07, 6.45) is 1.50. The van der Waals surface area contributed by atoms with Gasteiger partial charge in [-0.25, -0.2) is 0 Å². The Hall–Kier alpha value is -0.660. The summed E-state index contributed by atoms with van der Waals surface area (Å²) >= 11 is 0. The molecule has 6 heavy (non-hydrogen) atoms. The number of nitrogens with zero attached hydrogens (tertiary/aromatic N) is 1. The van der Waals surface area contributed by atoms with Gasteiger partial charge in [-0.1, -0.05) is 0 Å². The van der Waals surface area contributed by atoms with E-state index in [1.54, 1.807) is 14.0 Å². The number of rotatable bonds is 1. The third-order valence-corrected chi connectivity index (χ3v) is 0.323. The zero-order valence-corrected chi connectivity index (χ0v) is 4.02. The third kappa shape index (κ3) is 3.34. The van der Waals surface area contributed by atoms with Crippen LogP contribution in [0.25, 0.3) is 0 Å². The molecular weight excluding hydrogens is 76.1 g/mol. The summed E-state index contributed by atoms with van der Waals surface area (Å²) in [6.45, 7) is 1.69. The molecule has 0 aliphatic carbocycles. The van der Waals surface area contributed by atoms with E-state index in [-0.39, 0.29) is 0 Å². The second kappa shape index (κ2) is 2.57. The van der Waals surface area contributed by atoms with Crippen LogP contribution in [0.15, 0.2) is 4.99 Å². The van der Waals surface area contributed by atoms with Crippen LogP contribution in [0.2, 0.25) is 0 Å². The maximum absolute atomic E-state index is 6.74. The smallest absolute Gasteiger partial charge is 0.0460 e. The molecule has 0 saturated carbocycles. The maximum Gasteiger partial charge on any atom is 0.0460 e. The van der Waals surface area contributed by atoms with E-state index in [1.807, 2.05) is 0 Å². The summed E-state index contributed by atoms with van der Waals surface area (Å²) in [6, 6.07) is 0. The van der Waals surface area contributed by atoms with Gasteiger partial charge in [-0.3, -0.25) is 4.99 Å². The van der Waals surface area contributed by atoms with Crippen molar-refractivity contribution in [2.75, 3.05) is 7.05 Å². The highest BCUT2D eigenvalue weighted by atomic mass is 14.6. The zero-order chi connectivity index (χ0) is 4.99. The molecule has 0 saturated heterocycles. The van der Waals surface area contributed by atoms with Crippen molar-refractivity contribution in [1.29, 1.82) is 5.41 Å². The molecule has 2 nitrogen and oxygen atoms in total. The molecule has 0 aromatic rings. The fourth-order valence-corrected chi connectivity index (χ4v) is 0.194. The molecule has 0 spiro atoms. The summed E-state index contributed by atoms with van der Waals surface area (Å²) in [5.41, 5.74) is 0.498. The molecule has 34 valence electrons. The summed E-state index contributed by atoms with van der Waals surface area (Å²) in [7, 11) is 1.65. The first-order chi connectivity index (χ1) is 2.77. The van der Waals surface area contributed by atoms with E-state index in [0.717, 1.165) is 0 Å². The van der Waals surface area contributed by atoms with E-state index in [0.29, 0.717) is 5.71 Å². The highest BCUT2D eigenvalue weighted by molar-refractivity contribution is 6.27. The minimum absolute atomic E-state index is 0.498. The molecule has 0 rings (SSSR count). The van der Waals surface area contributed by atoms with E-state index in [9.17, 15) is 0 Å². The highest BCUT2D eigenvalue weighted by Gasteiger charge is 1.68. The molecule has 0 fully saturated rings. The van der Waals surface area contributed by atoms with E-state index in [2.05, 4.69) is 4.99 Å². The second-order valence-electron chi connectivity index (χ2n) is 1.07. The Kier molecular flexibility index (Phi) is 2.29. The topological polar surface area (TPSA) is 36.2 Å². The van der Waals surface area contributed by atoms with Gasteiger partial charge in [0.05, 0.1) is 0 Å². The number of hydrogen-bond donors (Lipinski definition) is 1. The van der Waals surface area contributed by atoms with Crippen LogP contribution in [-0.2, 0) is 0 Å². The van der Waals surface area contributed by atoms with Crippen LogP contribution in [0, 0.1) is 5.41 Å². The highest BCUT2D eigenvalue weighted by Crippen LogP contribution is 1.57. The van der Waals surface area contributed by atoms with Gasteiger partial charge in [0.2, 0.25) is 0 Å². The van der Waals surface area contributed by atoms with Crippen molar-refractivity contribution in [3.05, 3.63) is 0 Å². The Morgan fingerprint density at radius 3 is 2.33 bits per heavy atom. The molecule has 0 aliphatic heterocycles. The predicted octanol–water partition coefficient (Wildman–Crippen LogP) is 0.727. The standard InChI is InChI=1S/C4H8N2/c1-4(5)3-6-2/h3,5H,1-2H3. The molecule has 0 aromatic carbocycles. The van der Waals surface area contributed by atoms with Gasteiger partial charge in [-0.2, -0.15) is 0 Å². The van der Waals surface area contributed by atoms with Crippen molar-refractivity contribution in [3.8, 4) is 0 Å². The number of hydrogen-bond acceptors (Lipinski definition) is 2. The average Bonchev–Trinajstić information content (AvgIpc) is 1.35. The van der Waals surface area contributed by atoms with E-state index in [1.165, 1.54) is 6.21 Å². The number of aliphatic imine (C=N–C) groups is 1. The van der Waals surface area contributed by atoms with Gasteiger partial charge in [0, 0.05) is 19.0 Å². The largest absolute Gasteiger partial charge is 0.304 e. The lowest BCUT2D eigenvalue weighted by atomic mass is 10.5. The Bertz CT molecular complexity index is 73.6. The van der Waals surface area contributed by atoms with Gasteiger partial charge < -0.3 is 5.41 Å². The summed E-state index contributed by atoms with van der Waals surface area (Å²) in [4.78, 5) is 3.59. The van der Waals surface area contributed by atoms with E-state index < -0.39 is 0 Å². The SMILES string of the molecule is CN=CC(C)=N. The van der Waals surface area contributed by atoms with Gasteiger partial charge in [-0.05, 0) is 6.92 Å². The summed E-state index contributed by atoms with van der Waals surface area (Å²) in [5, 5.41) is 6.74. The van der Waals surface area contributed by atoms with Crippen molar-refractivity contribution in [1.82, 2.24) is 0 Å². The lowest BCUT2D eigenvalue weighted by Gasteiger charge is -1.73. The molecule has 2 heteroatoms. The molecule has 0 radical (unpaired) electrons. The van der Waals surface area contributed by atoms with Gasteiger partial charge >= 0.3 is 0 Å². The molecule has 0 unspecified atom stereocenters. The average molecular weight is 84.1 g/mol. The molecule has 1 N–H and O–H groups in total. The van der Waals surface area contributed by atoms with Crippen LogP contribution in [-0.4, -0.2) is 19.0 Å². The van der Waals surface area contributed by atoms with Gasteiger partial charge in [0.15, 0.2) is 0 Å². The van der Waals surface area contributed by atoms with E-state index in [4.69, 9.17) is 5.41 Å². The quantitative estimate of drug-likeness (QED) is 0.455. The summed E-state index contributed by atoms with van der Waals surface area (Å²) < 4.78 is 0. The van der Waals surface area contributed by atoms with E-state index >= 15 is 0 Å². The summed E-state index contributed by atoms with van der Waals surface area (Å²) in [5.74, 6) is 0. The zero-order valence-electron chi connectivity index (χ0n) is 4.02. The minimum atomic E-state index is 0.498. The Labute approximate surface area is 37.4 Å². The lowest BCUT2D eigenvalue weighted by molar-refractivity contribution is 1.46. The minimum Gasteiger partial charge on any atom is -0.304 e. The van der Waals surface area contributed by atoms with Crippen molar-refractivity contribution in [2.24, 2.45) is 4.99 Å². The first-order valence-electron chi connectivity index (χ1n) is 1.74. The van der Waals surface area contributed by atoms with Crippen LogP contribution in [0.4, 0.5) is 0 Å². The van der Waals surface area contributed by atoms with Crippen molar-refractivity contribution in [3.63, 3.8) is 0 Å². The third-order valence-electron chi connectivity index (χ3n) is 0.323. The predicted molar refractivity (Wildman–Crippen MR) is 27.8 cm³/mol. The van der Waals surface area contributed by atoms with Crippen LogP contribution in [0.3, 0.4) is 0 Å². The van der Waals surface area contributed by atoms with Crippen molar-refractivity contribution >= 4 is 11.9 Å².